The number of nitrogens with zero attached hydrogens (tertiary/aromatic N) is 2. The molecule has 0 atom stereocenters. The number of nitrogens with one attached hydrogen (secondary N) is 3. The van der Waals surface area contributed by atoms with Crippen molar-refractivity contribution in [2.45, 2.75) is 38.7 Å². The van der Waals surface area contributed by atoms with E-state index < -0.39 is 53.0 Å². The molecule has 13 heteroatoms. The number of hydrogen-bond donors (Lipinski definition) is 3. The third-order valence-corrected chi connectivity index (χ3v) is 5.88. The molecule has 0 saturated carbocycles. The number of amides is 1. The van der Waals surface area contributed by atoms with E-state index >= 15 is 0 Å². The maximum Gasteiger partial charge on any atom is 0.420 e. The maximum absolute atomic E-state index is 14.2. The van der Waals surface area contributed by atoms with Gasteiger partial charge in [0, 0.05) is 30.6 Å². The van der Waals surface area contributed by atoms with Crippen LogP contribution in [0.15, 0.2) is 48.7 Å². The minimum Gasteiger partial charge on any atom is -0.346 e. The Morgan fingerprint density at radius 3 is 2.08 bits per heavy atom. The van der Waals surface area contributed by atoms with Crippen molar-refractivity contribution in [3.8, 4) is 0 Å². The minimum absolute atomic E-state index is 0.221. The molecule has 0 saturated heterocycles. The summed E-state index contributed by atoms with van der Waals surface area (Å²) in [5, 5.41) is 14.6. The lowest BCUT2D eigenvalue weighted by atomic mass is 10.0. The summed E-state index contributed by atoms with van der Waals surface area (Å²) in [6.07, 6.45) is -7.92. The number of carbonyl (C=O) groups is 1. The van der Waals surface area contributed by atoms with Gasteiger partial charge in [0.1, 0.15) is 11.4 Å². The highest BCUT2D eigenvalue weighted by atomic mass is 19.4. The van der Waals surface area contributed by atoms with E-state index in [1.54, 1.807) is 30.5 Å². The smallest absolute Gasteiger partial charge is 0.346 e. The van der Waals surface area contributed by atoms with E-state index in [4.69, 9.17) is 0 Å². The summed E-state index contributed by atoms with van der Waals surface area (Å²) in [6, 6.07) is 9.27. The fourth-order valence-electron chi connectivity index (χ4n) is 3.91. The molecule has 38 heavy (non-hydrogen) atoms. The maximum atomic E-state index is 14.2. The number of aryl methyl sites for hydroxylation is 1. The van der Waals surface area contributed by atoms with Crippen molar-refractivity contribution in [3.05, 3.63) is 105 Å². The SMILES string of the molecule is Cc1cn[nH]c1Cc1ccc(Cc2[nH]nc(C(=O)NCc3cccc(C(F)(F)F)c3F)c2C(F)(F)F)cc1. The van der Waals surface area contributed by atoms with Crippen LogP contribution in [-0.4, -0.2) is 26.3 Å². The van der Waals surface area contributed by atoms with Crippen LogP contribution in [0.1, 0.15) is 55.3 Å². The van der Waals surface area contributed by atoms with E-state index in [1.807, 2.05) is 12.2 Å². The second-order valence-corrected chi connectivity index (χ2v) is 8.58. The van der Waals surface area contributed by atoms with Gasteiger partial charge in [-0.3, -0.25) is 15.0 Å². The third-order valence-electron chi connectivity index (χ3n) is 5.88. The Bertz CT molecular complexity index is 1440. The molecule has 0 spiro atoms. The molecule has 4 rings (SSSR count). The van der Waals surface area contributed by atoms with Crippen LogP contribution in [0.25, 0.3) is 0 Å². The quantitative estimate of drug-likeness (QED) is 0.262. The lowest BCUT2D eigenvalue weighted by Gasteiger charge is -2.13. The molecule has 6 nitrogen and oxygen atoms in total. The first-order valence-electron chi connectivity index (χ1n) is 11.2. The Hall–Kier alpha value is -4.16. The predicted octanol–water partition coefficient (Wildman–Crippen LogP) is 5.73. The molecule has 4 aromatic rings. The topological polar surface area (TPSA) is 86.5 Å². The first-order valence-corrected chi connectivity index (χ1v) is 11.2. The Morgan fingerprint density at radius 1 is 0.895 bits per heavy atom. The molecule has 2 aromatic carbocycles. The lowest BCUT2D eigenvalue weighted by Crippen LogP contribution is -2.27. The monoisotopic (exact) mass is 539 g/mol. The lowest BCUT2D eigenvalue weighted by molar-refractivity contribution is -0.140. The average Bonchev–Trinajstić information content (AvgIpc) is 3.45. The van der Waals surface area contributed by atoms with Crippen molar-refractivity contribution >= 4 is 5.91 Å². The molecule has 0 aliphatic rings. The van der Waals surface area contributed by atoms with Crippen LogP contribution in [0.2, 0.25) is 0 Å². The van der Waals surface area contributed by atoms with E-state index in [0.29, 0.717) is 18.1 Å². The van der Waals surface area contributed by atoms with E-state index in [1.165, 1.54) is 0 Å². The fraction of sp³-hybridized carbons (Fsp3) is 0.240. The molecule has 1 amide bonds. The van der Waals surface area contributed by atoms with Gasteiger partial charge in [0.15, 0.2) is 5.69 Å². The highest BCUT2D eigenvalue weighted by Crippen LogP contribution is 2.35. The summed E-state index contributed by atoms with van der Waals surface area (Å²) in [7, 11) is 0. The Balaban J connectivity index is 1.51. The number of benzene rings is 2. The predicted molar refractivity (Wildman–Crippen MR) is 122 cm³/mol. The van der Waals surface area contributed by atoms with Gasteiger partial charge in [0.25, 0.3) is 5.91 Å². The number of carbonyl (C=O) groups excluding carboxylic acids is 1. The van der Waals surface area contributed by atoms with Gasteiger partial charge in [-0.15, -0.1) is 0 Å². The molecule has 0 radical (unpaired) electrons. The number of alkyl halides is 6. The third kappa shape index (κ3) is 5.87. The first kappa shape index (κ1) is 26.9. The van der Waals surface area contributed by atoms with E-state index in [2.05, 4.69) is 20.4 Å². The van der Waals surface area contributed by atoms with E-state index in [9.17, 15) is 35.5 Å². The largest absolute Gasteiger partial charge is 0.420 e. The highest BCUT2D eigenvalue weighted by molar-refractivity contribution is 5.94. The first-order chi connectivity index (χ1) is 17.8. The van der Waals surface area contributed by atoms with Crippen LogP contribution in [0.3, 0.4) is 0 Å². The molecule has 2 aromatic heterocycles. The Kier molecular flexibility index (Phi) is 7.29. The number of aromatic amines is 2. The number of rotatable bonds is 7. The van der Waals surface area contributed by atoms with Crippen LogP contribution in [0, 0.1) is 12.7 Å². The summed E-state index contributed by atoms with van der Waals surface area (Å²) in [5.41, 5.74) is -1.45. The zero-order valence-corrected chi connectivity index (χ0v) is 19.7. The zero-order chi connectivity index (χ0) is 27.7. The molecule has 0 bridgehead atoms. The molecule has 3 N–H and O–H groups in total. The Morgan fingerprint density at radius 2 is 1.53 bits per heavy atom. The molecule has 0 aliphatic heterocycles. The summed E-state index contributed by atoms with van der Waals surface area (Å²) in [5.74, 6) is -2.94. The van der Waals surface area contributed by atoms with Crippen molar-refractivity contribution in [2.24, 2.45) is 0 Å². The summed E-state index contributed by atoms with van der Waals surface area (Å²) in [6.45, 7) is 1.12. The second-order valence-electron chi connectivity index (χ2n) is 8.58. The average molecular weight is 539 g/mol. The number of hydrogen-bond acceptors (Lipinski definition) is 3. The van der Waals surface area contributed by atoms with Crippen LogP contribution < -0.4 is 5.32 Å². The minimum atomic E-state index is -4.97. The van der Waals surface area contributed by atoms with Crippen molar-refractivity contribution in [1.82, 2.24) is 25.7 Å². The molecule has 0 unspecified atom stereocenters. The van der Waals surface area contributed by atoms with Crippen LogP contribution in [-0.2, 0) is 31.7 Å². The molecule has 0 fully saturated rings. The Labute approximate surface area is 211 Å². The molecular formula is C25H20F7N5O. The van der Waals surface area contributed by atoms with Gasteiger partial charge < -0.3 is 5.32 Å². The van der Waals surface area contributed by atoms with Gasteiger partial charge >= 0.3 is 12.4 Å². The number of aromatic nitrogens is 4. The summed E-state index contributed by atoms with van der Waals surface area (Å²) >= 11 is 0. The van der Waals surface area contributed by atoms with Gasteiger partial charge in [-0.05, 0) is 29.7 Å². The van der Waals surface area contributed by atoms with Crippen molar-refractivity contribution in [3.63, 3.8) is 0 Å². The zero-order valence-electron chi connectivity index (χ0n) is 19.7. The highest BCUT2D eigenvalue weighted by Gasteiger charge is 2.41. The van der Waals surface area contributed by atoms with Crippen LogP contribution in [0.5, 0.6) is 0 Å². The standard InChI is InChI=1S/C25H20F7N5O/c1-13-11-34-35-18(13)9-14-5-7-15(8-6-14)10-19-20(25(30,31)32)22(37-36-19)23(38)33-12-16-3-2-4-17(21(16)26)24(27,28)29/h2-8,11H,9-10,12H2,1H3,(H,33,38)(H,34,35)(H,36,37). The van der Waals surface area contributed by atoms with Gasteiger partial charge in [0.05, 0.1) is 17.5 Å². The van der Waals surface area contributed by atoms with E-state index in [-0.39, 0.29) is 12.1 Å². The van der Waals surface area contributed by atoms with Crippen LogP contribution in [0.4, 0.5) is 30.7 Å². The second kappa shape index (κ2) is 10.3. The number of H-pyrrole nitrogens is 2. The van der Waals surface area contributed by atoms with Crippen molar-refractivity contribution in [1.29, 1.82) is 0 Å². The van der Waals surface area contributed by atoms with Gasteiger partial charge in [-0.1, -0.05) is 36.4 Å². The van der Waals surface area contributed by atoms with Gasteiger partial charge in [0.2, 0.25) is 0 Å². The van der Waals surface area contributed by atoms with Crippen molar-refractivity contribution in [2.75, 3.05) is 0 Å². The molecule has 0 aliphatic carbocycles. The van der Waals surface area contributed by atoms with Crippen LogP contribution >= 0.6 is 0 Å². The molecule has 200 valence electrons. The van der Waals surface area contributed by atoms with E-state index in [0.717, 1.165) is 29.0 Å². The molecular weight excluding hydrogens is 519 g/mol. The summed E-state index contributed by atoms with van der Waals surface area (Å²) < 4.78 is 94.6. The summed E-state index contributed by atoms with van der Waals surface area (Å²) in [4.78, 5) is 12.5. The number of halogens is 7. The normalized spacial score (nSPS) is 12.1. The fourth-order valence-corrected chi connectivity index (χ4v) is 3.91. The molecule has 2 heterocycles. The van der Waals surface area contributed by atoms with Crippen molar-refractivity contribution < 1.29 is 35.5 Å². The van der Waals surface area contributed by atoms with Gasteiger partial charge in [-0.2, -0.15) is 36.5 Å². The van der Waals surface area contributed by atoms with Gasteiger partial charge in [-0.25, -0.2) is 4.39 Å².